The maximum Gasteiger partial charge on any atom is 0.313 e. The fourth-order valence-corrected chi connectivity index (χ4v) is 3.40. The number of thioether (sulfide) groups is 1. The molecule has 104 valence electrons. The Bertz CT molecular complexity index is 480. The molecule has 0 aromatic carbocycles. The smallest absolute Gasteiger partial charge is 0.313 e. The first kappa shape index (κ1) is 13.0. The van der Waals surface area contributed by atoms with Crippen molar-refractivity contribution in [2.45, 2.75) is 56.1 Å². The van der Waals surface area contributed by atoms with Gasteiger partial charge in [-0.25, -0.2) is 0 Å². The van der Waals surface area contributed by atoms with E-state index < -0.39 is 5.97 Å². The van der Waals surface area contributed by atoms with Crippen molar-refractivity contribution in [3.63, 3.8) is 0 Å². The molecule has 1 aromatic rings. The Morgan fingerprint density at radius 1 is 1.42 bits per heavy atom. The number of nitrogens with zero attached hydrogens (tertiary/aromatic N) is 3. The monoisotopic (exact) mass is 281 g/mol. The fraction of sp³-hybridized carbons (Fsp3) is 0.769. The second kappa shape index (κ2) is 5.15. The first-order valence-corrected chi connectivity index (χ1v) is 7.94. The molecule has 1 aromatic heterocycles. The summed E-state index contributed by atoms with van der Waals surface area (Å²) in [6.07, 6.45) is 6.24. The predicted molar refractivity (Wildman–Crippen MR) is 72.4 cm³/mol. The lowest BCUT2D eigenvalue weighted by atomic mass is 9.80. The van der Waals surface area contributed by atoms with Crippen LogP contribution in [0.1, 0.15) is 56.8 Å². The van der Waals surface area contributed by atoms with E-state index in [2.05, 4.69) is 21.7 Å². The molecule has 2 aliphatic carbocycles. The second-order valence-electron chi connectivity index (χ2n) is 5.60. The van der Waals surface area contributed by atoms with Gasteiger partial charge in [-0.3, -0.25) is 4.79 Å². The molecule has 3 rings (SSSR count). The van der Waals surface area contributed by atoms with Crippen molar-refractivity contribution in [3.8, 4) is 0 Å². The van der Waals surface area contributed by atoms with Crippen LogP contribution < -0.4 is 0 Å². The zero-order chi connectivity index (χ0) is 13.4. The third kappa shape index (κ3) is 2.63. The lowest BCUT2D eigenvalue weighted by Crippen LogP contribution is -2.24. The molecular formula is C13H19N3O2S. The van der Waals surface area contributed by atoms with Crippen LogP contribution in [0.5, 0.6) is 0 Å². The number of rotatable bonds is 6. The Hall–Kier alpha value is -1.04. The molecule has 1 unspecified atom stereocenters. The Kier molecular flexibility index (Phi) is 3.52. The Morgan fingerprint density at radius 3 is 2.68 bits per heavy atom. The fourth-order valence-electron chi connectivity index (χ4n) is 2.65. The average Bonchev–Trinajstić information content (AvgIpc) is 3.04. The maximum absolute atomic E-state index is 10.7. The van der Waals surface area contributed by atoms with Crippen molar-refractivity contribution in [1.82, 2.24) is 14.8 Å². The van der Waals surface area contributed by atoms with E-state index in [0.29, 0.717) is 17.9 Å². The quantitative estimate of drug-likeness (QED) is 0.812. The summed E-state index contributed by atoms with van der Waals surface area (Å²) >= 11 is 1.29. The third-order valence-corrected chi connectivity index (χ3v) is 5.13. The van der Waals surface area contributed by atoms with E-state index in [1.54, 1.807) is 0 Å². The summed E-state index contributed by atoms with van der Waals surface area (Å²) in [5.41, 5.74) is 0. The van der Waals surface area contributed by atoms with E-state index in [9.17, 15) is 4.79 Å². The van der Waals surface area contributed by atoms with E-state index in [0.717, 1.165) is 11.0 Å². The van der Waals surface area contributed by atoms with Gasteiger partial charge >= 0.3 is 5.97 Å². The van der Waals surface area contributed by atoms with Crippen molar-refractivity contribution >= 4 is 17.7 Å². The molecule has 0 amide bonds. The SMILES string of the molecule is CC(C1CCC1)n1c(SCC(=O)O)nnc1C1CC1. The highest BCUT2D eigenvalue weighted by molar-refractivity contribution is 7.99. The molecule has 2 fully saturated rings. The molecule has 1 heterocycles. The summed E-state index contributed by atoms with van der Waals surface area (Å²) in [5.74, 6) is 1.59. The summed E-state index contributed by atoms with van der Waals surface area (Å²) in [4.78, 5) is 10.7. The zero-order valence-corrected chi connectivity index (χ0v) is 11.9. The minimum absolute atomic E-state index is 0.0557. The number of hydrogen-bond donors (Lipinski definition) is 1. The topological polar surface area (TPSA) is 68.0 Å². The summed E-state index contributed by atoms with van der Waals surface area (Å²) in [6.45, 7) is 2.23. The van der Waals surface area contributed by atoms with Gasteiger partial charge in [0.25, 0.3) is 0 Å². The second-order valence-corrected chi connectivity index (χ2v) is 6.54. The lowest BCUT2D eigenvalue weighted by Gasteiger charge is -2.33. The zero-order valence-electron chi connectivity index (χ0n) is 11.1. The molecule has 5 nitrogen and oxygen atoms in total. The normalized spacial score (nSPS) is 21.1. The van der Waals surface area contributed by atoms with Crippen LogP contribution in [0, 0.1) is 5.92 Å². The van der Waals surface area contributed by atoms with Crippen molar-refractivity contribution in [3.05, 3.63) is 5.82 Å². The molecule has 0 saturated heterocycles. The molecule has 19 heavy (non-hydrogen) atoms. The van der Waals surface area contributed by atoms with Crippen LogP contribution in [0.4, 0.5) is 0 Å². The van der Waals surface area contributed by atoms with Gasteiger partial charge in [0.2, 0.25) is 0 Å². The van der Waals surface area contributed by atoms with E-state index in [-0.39, 0.29) is 5.75 Å². The van der Waals surface area contributed by atoms with Gasteiger partial charge in [0.15, 0.2) is 5.16 Å². The van der Waals surface area contributed by atoms with E-state index in [1.807, 2.05) is 0 Å². The van der Waals surface area contributed by atoms with Crippen molar-refractivity contribution in [2.24, 2.45) is 5.92 Å². The van der Waals surface area contributed by atoms with E-state index >= 15 is 0 Å². The minimum atomic E-state index is -0.802. The molecule has 2 aliphatic rings. The maximum atomic E-state index is 10.7. The van der Waals surface area contributed by atoms with Gasteiger partial charge in [-0.1, -0.05) is 18.2 Å². The minimum Gasteiger partial charge on any atom is -0.481 e. The highest BCUT2D eigenvalue weighted by atomic mass is 32.2. The van der Waals surface area contributed by atoms with Gasteiger partial charge in [0.05, 0.1) is 5.75 Å². The van der Waals surface area contributed by atoms with Gasteiger partial charge in [-0.15, -0.1) is 10.2 Å². The van der Waals surface area contributed by atoms with Crippen molar-refractivity contribution in [2.75, 3.05) is 5.75 Å². The Labute approximate surface area is 116 Å². The van der Waals surface area contributed by atoms with Gasteiger partial charge in [0, 0.05) is 12.0 Å². The molecule has 2 saturated carbocycles. The summed E-state index contributed by atoms with van der Waals surface area (Å²) < 4.78 is 2.22. The van der Waals surface area contributed by atoms with Crippen molar-refractivity contribution in [1.29, 1.82) is 0 Å². The van der Waals surface area contributed by atoms with Crippen LogP contribution in [-0.4, -0.2) is 31.6 Å². The first-order chi connectivity index (χ1) is 9.16. The van der Waals surface area contributed by atoms with Gasteiger partial charge in [-0.2, -0.15) is 0 Å². The highest BCUT2D eigenvalue weighted by Crippen LogP contribution is 2.44. The third-order valence-electron chi connectivity index (χ3n) is 4.20. The van der Waals surface area contributed by atoms with Gasteiger partial charge < -0.3 is 9.67 Å². The highest BCUT2D eigenvalue weighted by Gasteiger charge is 2.35. The van der Waals surface area contributed by atoms with E-state index in [1.165, 1.54) is 43.9 Å². The Balaban J connectivity index is 1.83. The number of aliphatic carboxylic acids is 1. The molecule has 0 aliphatic heterocycles. The number of carboxylic acid groups (broad SMARTS) is 1. The molecule has 0 bridgehead atoms. The number of carbonyl (C=O) groups is 1. The standard InChI is InChI=1S/C13H19N3O2S/c1-8(9-3-2-4-9)16-12(10-5-6-10)14-15-13(16)19-7-11(17)18/h8-10H,2-7H2,1H3,(H,17,18). The molecular weight excluding hydrogens is 262 g/mol. The summed E-state index contributed by atoms with van der Waals surface area (Å²) in [6, 6.07) is 0.399. The number of hydrogen-bond acceptors (Lipinski definition) is 4. The van der Waals surface area contributed by atoms with Gasteiger partial charge in [-0.05, 0) is 38.5 Å². The number of carboxylic acids is 1. The molecule has 1 atom stereocenters. The number of aromatic nitrogens is 3. The lowest BCUT2D eigenvalue weighted by molar-refractivity contribution is -0.133. The summed E-state index contributed by atoms with van der Waals surface area (Å²) in [5, 5.41) is 18.1. The van der Waals surface area contributed by atoms with Gasteiger partial charge in [0.1, 0.15) is 5.82 Å². The molecule has 6 heteroatoms. The molecule has 0 radical (unpaired) electrons. The summed E-state index contributed by atoms with van der Waals surface area (Å²) in [7, 11) is 0. The predicted octanol–water partition coefficient (Wildman–Crippen LogP) is 2.69. The van der Waals surface area contributed by atoms with Crippen LogP contribution in [0.15, 0.2) is 5.16 Å². The molecule has 1 N–H and O–H groups in total. The average molecular weight is 281 g/mol. The van der Waals surface area contributed by atoms with E-state index in [4.69, 9.17) is 5.11 Å². The van der Waals surface area contributed by atoms with Crippen LogP contribution >= 0.6 is 11.8 Å². The van der Waals surface area contributed by atoms with Crippen LogP contribution in [0.2, 0.25) is 0 Å². The van der Waals surface area contributed by atoms with Crippen LogP contribution in [-0.2, 0) is 4.79 Å². The first-order valence-electron chi connectivity index (χ1n) is 6.96. The Morgan fingerprint density at radius 2 is 2.16 bits per heavy atom. The largest absolute Gasteiger partial charge is 0.481 e. The molecule has 0 spiro atoms. The van der Waals surface area contributed by atoms with Crippen LogP contribution in [0.25, 0.3) is 0 Å². The van der Waals surface area contributed by atoms with Crippen LogP contribution in [0.3, 0.4) is 0 Å². The van der Waals surface area contributed by atoms with Crippen molar-refractivity contribution < 1.29 is 9.90 Å².